The fourth-order valence-electron chi connectivity index (χ4n) is 2.67. The first-order valence-corrected chi connectivity index (χ1v) is 7.16. The third kappa shape index (κ3) is 3.68. The molecule has 0 amide bonds. The summed E-state index contributed by atoms with van der Waals surface area (Å²) in [6, 6.07) is 5.94. The van der Waals surface area contributed by atoms with Gasteiger partial charge in [-0.15, -0.1) is 0 Å². The van der Waals surface area contributed by atoms with Crippen molar-refractivity contribution in [2.75, 3.05) is 31.1 Å². The Morgan fingerprint density at radius 1 is 1.47 bits per heavy atom. The zero-order valence-electron chi connectivity index (χ0n) is 11.6. The van der Waals surface area contributed by atoms with Crippen molar-refractivity contribution in [3.8, 4) is 6.07 Å². The Bertz CT molecular complexity index is 432. The number of rotatable bonds is 5. The van der Waals surface area contributed by atoms with Crippen LogP contribution in [0.4, 0.5) is 5.82 Å². The molecule has 0 unspecified atom stereocenters. The van der Waals surface area contributed by atoms with E-state index in [0.717, 1.165) is 38.4 Å². The van der Waals surface area contributed by atoms with Gasteiger partial charge in [-0.05, 0) is 50.4 Å². The van der Waals surface area contributed by atoms with Gasteiger partial charge in [-0.2, -0.15) is 5.26 Å². The molecule has 4 heteroatoms. The monoisotopic (exact) mass is 258 g/mol. The zero-order valence-corrected chi connectivity index (χ0v) is 11.6. The molecule has 19 heavy (non-hydrogen) atoms. The van der Waals surface area contributed by atoms with Crippen molar-refractivity contribution in [2.24, 2.45) is 5.92 Å². The van der Waals surface area contributed by atoms with E-state index in [9.17, 15) is 5.26 Å². The first-order valence-electron chi connectivity index (χ1n) is 7.16. The van der Waals surface area contributed by atoms with Crippen LogP contribution in [0.25, 0.3) is 0 Å². The maximum absolute atomic E-state index is 9.21. The van der Waals surface area contributed by atoms with Gasteiger partial charge in [-0.25, -0.2) is 4.98 Å². The largest absolute Gasteiger partial charge is 0.355 e. The van der Waals surface area contributed by atoms with Crippen LogP contribution in [0.5, 0.6) is 0 Å². The molecule has 0 saturated carbocycles. The average molecular weight is 258 g/mol. The number of aromatic nitrogens is 1. The molecule has 2 heterocycles. The standard InChI is InChI=1S/C15H22N4/c1-2-10-19(12-13-5-8-17-9-6-13)15-14(11-16)4-3-7-18-15/h3-4,7,13,17H,2,5-6,8-10,12H2,1H3. The van der Waals surface area contributed by atoms with Crippen molar-refractivity contribution in [3.63, 3.8) is 0 Å². The van der Waals surface area contributed by atoms with Gasteiger partial charge in [0.1, 0.15) is 11.9 Å². The summed E-state index contributed by atoms with van der Waals surface area (Å²) >= 11 is 0. The highest BCUT2D eigenvalue weighted by Crippen LogP contribution is 2.21. The van der Waals surface area contributed by atoms with Crippen molar-refractivity contribution >= 4 is 5.82 Å². The summed E-state index contributed by atoms with van der Waals surface area (Å²) in [5, 5.41) is 12.6. The summed E-state index contributed by atoms with van der Waals surface area (Å²) in [6.45, 7) is 6.37. The van der Waals surface area contributed by atoms with E-state index >= 15 is 0 Å². The van der Waals surface area contributed by atoms with Gasteiger partial charge in [0.2, 0.25) is 0 Å². The van der Waals surface area contributed by atoms with Gasteiger partial charge in [0, 0.05) is 19.3 Å². The quantitative estimate of drug-likeness (QED) is 0.879. The van der Waals surface area contributed by atoms with Crippen LogP contribution in [0.15, 0.2) is 18.3 Å². The SMILES string of the molecule is CCCN(CC1CCNCC1)c1ncccc1C#N. The van der Waals surface area contributed by atoms with Gasteiger partial charge in [-0.1, -0.05) is 6.92 Å². The number of hydrogen-bond donors (Lipinski definition) is 1. The van der Waals surface area contributed by atoms with Crippen LogP contribution in [0.2, 0.25) is 0 Å². The Kier molecular flexibility index (Phi) is 5.17. The fourth-order valence-corrected chi connectivity index (χ4v) is 2.67. The lowest BCUT2D eigenvalue weighted by Gasteiger charge is -2.31. The minimum atomic E-state index is 0.685. The van der Waals surface area contributed by atoms with E-state index in [0.29, 0.717) is 11.5 Å². The van der Waals surface area contributed by atoms with Crippen molar-refractivity contribution in [1.82, 2.24) is 10.3 Å². The summed E-state index contributed by atoms with van der Waals surface area (Å²) in [4.78, 5) is 6.71. The summed E-state index contributed by atoms with van der Waals surface area (Å²) in [7, 11) is 0. The van der Waals surface area contributed by atoms with Gasteiger partial charge in [0.05, 0.1) is 5.56 Å². The third-order valence-electron chi connectivity index (χ3n) is 3.64. The highest BCUT2D eigenvalue weighted by atomic mass is 15.2. The maximum atomic E-state index is 9.21. The van der Waals surface area contributed by atoms with E-state index in [1.807, 2.05) is 12.1 Å². The van der Waals surface area contributed by atoms with Crippen LogP contribution in [0, 0.1) is 17.2 Å². The lowest BCUT2D eigenvalue weighted by Crippen LogP contribution is -2.37. The topological polar surface area (TPSA) is 52.0 Å². The van der Waals surface area contributed by atoms with Crippen LogP contribution in [0.3, 0.4) is 0 Å². The Balaban J connectivity index is 2.12. The van der Waals surface area contributed by atoms with Gasteiger partial charge in [0.25, 0.3) is 0 Å². The molecule has 1 saturated heterocycles. The average Bonchev–Trinajstić information content (AvgIpc) is 2.48. The van der Waals surface area contributed by atoms with Gasteiger partial charge < -0.3 is 10.2 Å². The van der Waals surface area contributed by atoms with E-state index in [1.54, 1.807) is 6.20 Å². The van der Waals surface area contributed by atoms with E-state index in [4.69, 9.17) is 0 Å². The van der Waals surface area contributed by atoms with Gasteiger partial charge in [0.15, 0.2) is 0 Å². The molecule has 1 aromatic heterocycles. The molecule has 102 valence electrons. The summed E-state index contributed by atoms with van der Waals surface area (Å²) in [6.07, 6.45) is 5.29. The van der Waals surface area contributed by atoms with Gasteiger partial charge >= 0.3 is 0 Å². The molecule has 0 atom stereocenters. The number of anilines is 1. The summed E-state index contributed by atoms with van der Waals surface area (Å²) < 4.78 is 0. The van der Waals surface area contributed by atoms with E-state index in [1.165, 1.54) is 12.8 Å². The molecule has 0 bridgehead atoms. The highest BCUT2D eigenvalue weighted by Gasteiger charge is 2.19. The molecule has 1 aliphatic heterocycles. The van der Waals surface area contributed by atoms with E-state index in [2.05, 4.69) is 28.2 Å². The normalized spacial score (nSPS) is 16.0. The Labute approximate surface area is 115 Å². The minimum absolute atomic E-state index is 0.685. The van der Waals surface area contributed by atoms with E-state index < -0.39 is 0 Å². The predicted octanol–water partition coefficient (Wildman–Crippen LogP) is 2.17. The molecule has 2 rings (SSSR count). The third-order valence-corrected chi connectivity index (χ3v) is 3.64. The van der Waals surface area contributed by atoms with Gasteiger partial charge in [-0.3, -0.25) is 0 Å². The minimum Gasteiger partial charge on any atom is -0.355 e. The van der Waals surface area contributed by atoms with Crippen LogP contribution < -0.4 is 10.2 Å². The molecule has 0 aliphatic carbocycles. The summed E-state index contributed by atoms with van der Waals surface area (Å²) in [5.41, 5.74) is 0.685. The van der Waals surface area contributed by atoms with Crippen molar-refractivity contribution in [3.05, 3.63) is 23.9 Å². The molecule has 1 fully saturated rings. The molecular formula is C15H22N4. The van der Waals surface area contributed by atoms with Crippen LogP contribution >= 0.6 is 0 Å². The molecule has 0 aromatic carbocycles. The smallest absolute Gasteiger partial charge is 0.146 e. The van der Waals surface area contributed by atoms with Crippen molar-refractivity contribution < 1.29 is 0 Å². The molecule has 4 nitrogen and oxygen atoms in total. The molecule has 1 N–H and O–H groups in total. The second-order valence-corrected chi connectivity index (χ2v) is 5.13. The van der Waals surface area contributed by atoms with Crippen molar-refractivity contribution in [2.45, 2.75) is 26.2 Å². The van der Waals surface area contributed by atoms with Crippen LogP contribution in [-0.2, 0) is 0 Å². The maximum Gasteiger partial charge on any atom is 0.146 e. The van der Waals surface area contributed by atoms with E-state index in [-0.39, 0.29) is 0 Å². The number of hydrogen-bond acceptors (Lipinski definition) is 4. The second-order valence-electron chi connectivity index (χ2n) is 5.13. The lowest BCUT2D eigenvalue weighted by molar-refractivity contribution is 0.372. The number of piperidine rings is 1. The van der Waals surface area contributed by atoms with Crippen molar-refractivity contribution in [1.29, 1.82) is 5.26 Å². The van der Waals surface area contributed by atoms with Crippen LogP contribution in [-0.4, -0.2) is 31.2 Å². The second kappa shape index (κ2) is 7.10. The molecule has 0 radical (unpaired) electrons. The highest BCUT2D eigenvalue weighted by molar-refractivity contribution is 5.53. The first kappa shape index (κ1) is 13.8. The zero-order chi connectivity index (χ0) is 13.5. The summed E-state index contributed by atoms with van der Waals surface area (Å²) in [5.74, 6) is 1.56. The number of nitrogens with one attached hydrogen (secondary N) is 1. The number of nitrogens with zero attached hydrogens (tertiary/aromatic N) is 3. The number of nitriles is 1. The molecule has 0 spiro atoms. The molecule has 1 aliphatic rings. The molecular weight excluding hydrogens is 236 g/mol. The predicted molar refractivity (Wildman–Crippen MR) is 77.0 cm³/mol. The fraction of sp³-hybridized carbons (Fsp3) is 0.600. The Morgan fingerprint density at radius 2 is 2.26 bits per heavy atom. The first-order chi connectivity index (χ1) is 9.35. The van der Waals surface area contributed by atoms with Crippen LogP contribution in [0.1, 0.15) is 31.7 Å². The number of pyridine rings is 1. The Morgan fingerprint density at radius 3 is 2.95 bits per heavy atom. The Hall–Kier alpha value is -1.60. The lowest BCUT2D eigenvalue weighted by atomic mass is 9.97. The molecule has 1 aromatic rings.